The molecular formula is C21H25ClN4. The largest absolute Gasteiger partial charge is 0.383 e. The van der Waals surface area contributed by atoms with Gasteiger partial charge in [0.2, 0.25) is 5.95 Å². The number of nitrogens with two attached hydrogens (primary N) is 2. The standard InChI is InChI=1S/C21H25ClN4/c1-12-17(18(23)26-19(24)25-12)21-9-13-6-14(10-21)8-20(7-13,11-21)15-2-4-16(22)5-3-15/h2-5,13-14H,6-11H2,1H3,(H4,23,24,25,26). The topological polar surface area (TPSA) is 77.8 Å². The summed E-state index contributed by atoms with van der Waals surface area (Å²) in [6.45, 7) is 2.04. The quantitative estimate of drug-likeness (QED) is 0.823. The Bertz CT molecular complexity index is 839. The number of nitrogen functional groups attached to an aromatic ring is 2. The minimum atomic E-state index is 0.0889. The van der Waals surface area contributed by atoms with Crippen LogP contribution in [0.1, 0.15) is 55.3 Å². The molecule has 0 radical (unpaired) electrons. The lowest BCUT2D eigenvalue weighted by atomic mass is 9.41. The molecule has 6 rings (SSSR count). The van der Waals surface area contributed by atoms with E-state index in [1.54, 1.807) is 0 Å². The molecule has 5 heteroatoms. The fourth-order valence-electron chi connectivity index (χ4n) is 6.97. The second-order valence-electron chi connectivity index (χ2n) is 8.96. The van der Waals surface area contributed by atoms with Crippen molar-refractivity contribution in [1.29, 1.82) is 0 Å². The molecule has 136 valence electrons. The summed E-state index contributed by atoms with van der Waals surface area (Å²) in [5, 5.41) is 0.806. The lowest BCUT2D eigenvalue weighted by Gasteiger charge is -2.62. The molecule has 4 aliphatic rings. The van der Waals surface area contributed by atoms with Crippen molar-refractivity contribution in [3.05, 3.63) is 46.1 Å². The van der Waals surface area contributed by atoms with Crippen LogP contribution < -0.4 is 11.5 Å². The van der Waals surface area contributed by atoms with Gasteiger partial charge in [0.05, 0.1) is 0 Å². The maximum absolute atomic E-state index is 6.40. The van der Waals surface area contributed by atoms with Crippen molar-refractivity contribution in [2.24, 2.45) is 11.8 Å². The highest BCUT2D eigenvalue weighted by atomic mass is 35.5. The number of anilines is 2. The van der Waals surface area contributed by atoms with Crippen LogP contribution in [-0.4, -0.2) is 9.97 Å². The zero-order valence-electron chi connectivity index (χ0n) is 15.1. The van der Waals surface area contributed by atoms with Gasteiger partial charge in [0.15, 0.2) is 0 Å². The van der Waals surface area contributed by atoms with Crippen molar-refractivity contribution in [1.82, 2.24) is 9.97 Å². The summed E-state index contributed by atoms with van der Waals surface area (Å²) in [6.07, 6.45) is 7.45. The third kappa shape index (κ3) is 2.27. The molecule has 0 aliphatic heterocycles. The summed E-state index contributed by atoms with van der Waals surface area (Å²) in [6, 6.07) is 8.54. The van der Waals surface area contributed by atoms with Gasteiger partial charge in [-0.3, -0.25) is 0 Å². The molecule has 4 aliphatic carbocycles. The van der Waals surface area contributed by atoms with Crippen LogP contribution in [0.5, 0.6) is 0 Å². The first-order valence-electron chi connectivity index (χ1n) is 9.55. The second kappa shape index (κ2) is 5.35. The Hall–Kier alpha value is -1.81. The van der Waals surface area contributed by atoms with Gasteiger partial charge in [-0.25, -0.2) is 4.98 Å². The Balaban J connectivity index is 1.65. The van der Waals surface area contributed by atoms with Crippen LogP contribution in [-0.2, 0) is 10.8 Å². The molecule has 2 aromatic rings. The number of rotatable bonds is 2. The number of halogens is 1. The van der Waals surface area contributed by atoms with E-state index in [2.05, 4.69) is 22.1 Å². The van der Waals surface area contributed by atoms with Gasteiger partial charge >= 0.3 is 0 Å². The fraction of sp³-hybridized carbons (Fsp3) is 0.524. The van der Waals surface area contributed by atoms with Gasteiger partial charge in [-0.2, -0.15) is 4.98 Å². The molecule has 1 aromatic carbocycles. The monoisotopic (exact) mass is 368 g/mol. The lowest BCUT2D eigenvalue weighted by molar-refractivity contribution is -0.0283. The number of aryl methyl sites for hydroxylation is 1. The van der Waals surface area contributed by atoms with Crippen LogP contribution in [0.2, 0.25) is 5.02 Å². The first kappa shape index (κ1) is 16.4. The van der Waals surface area contributed by atoms with Crippen LogP contribution in [0.3, 0.4) is 0 Å². The van der Waals surface area contributed by atoms with E-state index in [0.29, 0.717) is 5.82 Å². The van der Waals surface area contributed by atoms with Crippen LogP contribution in [0.25, 0.3) is 0 Å². The van der Waals surface area contributed by atoms with E-state index in [1.165, 1.54) is 43.2 Å². The third-order valence-electron chi connectivity index (χ3n) is 7.18. The predicted octanol–water partition coefficient (Wildman–Crippen LogP) is 4.39. The fourth-order valence-corrected chi connectivity index (χ4v) is 7.10. The van der Waals surface area contributed by atoms with Gasteiger partial charge in [-0.05, 0) is 80.4 Å². The summed E-state index contributed by atoms with van der Waals surface area (Å²) >= 11 is 6.15. The normalized spacial score (nSPS) is 35.0. The summed E-state index contributed by atoms with van der Waals surface area (Å²) in [5.74, 6) is 2.37. The molecule has 0 spiro atoms. The average Bonchev–Trinajstić information content (AvgIpc) is 2.52. The van der Waals surface area contributed by atoms with E-state index >= 15 is 0 Å². The van der Waals surface area contributed by atoms with Crippen molar-refractivity contribution >= 4 is 23.4 Å². The highest BCUT2D eigenvalue weighted by Crippen LogP contribution is 2.66. The Morgan fingerprint density at radius 1 is 0.962 bits per heavy atom. The number of hydrogen-bond acceptors (Lipinski definition) is 4. The number of hydrogen-bond donors (Lipinski definition) is 2. The van der Waals surface area contributed by atoms with Crippen molar-refractivity contribution in [3.63, 3.8) is 0 Å². The third-order valence-corrected chi connectivity index (χ3v) is 7.44. The van der Waals surface area contributed by atoms with Crippen molar-refractivity contribution in [2.75, 3.05) is 11.5 Å². The summed E-state index contributed by atoms with van der Waals surface area (Å²) in [5.41, 5.74) is 16.1. The van der Waals surface area contributed by atoms with Gasteiger partial charge in [0.1, 0.15) is 5.82 Å². The summed E-state index contributed by atoms with van der Waals surface area (Å²) < 4.78 is 0. The molecular weight excluding hydrogens is 344 g/mol. The van der Waals surface area contributed by atoms with E-state index < -0.39 is 0 Å². The minimum Gasteiger partial charge on any atom is -0.383 e. The molecule has 0 amide bonds. The van der Waals surface area contributed by atoms with Crippen molar-refractivity contribution in [3.8, 4) is 0 Å². The van der Waals surface area contributed by atoms with Crippen LogP contribution in [0.15, 0.2) is 24.3 Å². The molecule has 4 saturated carbocycles. The van der Waals surface area contributed by atoms with E-state index in [9.17, 15) is 0 Å². The zero-order valence-corrected chi connectivity index (χ0v) is 15.9. The molecule has 26 heavy (non-hydrogen) atoms. The number of aromatic nitrogens is 2. The van der Waals surface area contributed by atoms with E-state index in [-0.39, 0.29) is 16.8 Å². The second-order valence-corrected chi connectivity index (χ2v) is 9.39. The Kier molecular flexibility index (Phi) is 3.37. The van der Waals surface area contributed by atoms with Crippen molar-refractivity contribution < 1.29 is 0 Å². The molecule has 0 saturated heterocycles. The predicted molar refractivity (Wildman–Crippen MR) is 105 cm³/mol. The zero-order chi connectivity index (χ0) is 18.1. The number of nitrogens with zero attached hydrogens (tertiary/aromatic N) is 2. The molecule has 4 bridgehead atoms. The molecule has 2 unspecified atom stereocenters. The van der Waals surface area contributed by atoms with Crippen molar-refractivity contribution in [2.45, 2.75) is 56.3 Å². The smallest absolute Gasteiger partial charge is 0.222 e. The van der Waals surface area contributed by atoms with E-state index in [0.717, 1.165) is 29.0 Å². The SMILES string of the molecule is Cc1nc(N)nc(N)c1C12CC3CC(CC(c4ccc(Cl)cc4)(C3)C1)C2. The number of benzene rings is 1. The van der Waals surface area contributed by atoms with Gasteiger partial charge in [0.25, 0.3) is 0 Å². The van der Waals surface area contributed by atoms with Crippen LogP contribution in [0.4, 0.5) is 11.8 Å². The van der Waals surface area contributed by atoms with E-state index in [4.69, 9.17) is 23.1 Å². The van der Waals surface area contributed by atoms with Gasteiger partial charge in [-0.15, -0.1) is 0 Å². The summed E-state index contributed by atoms with van der Waals surface area (Å²) in [4.78, 5) is 8.79. The first-order chi connectivity index (χ1) is 12.4. The van der Waals surface area contributed by atoms with E-state index in [1.807, 2.05) is 19.1 Å². The molecule has 2 atom stereocenters. The maximum atomic E-state index is 6.40. The van der Waals surface area contributed by atoms with Gasteiger partial charge in [0, 0.05) is 21.7 Å². The van der Waals surface area contributed by atoms with Gasteiger partial charge in [-0.1, -0.05) is 23.7 Å². The van der Waals surface area contributed by atoms with Crippen LogP contribution in [0, 0.1) is 18.8 Å². The molecule has 4 nitrogen and oxygen atoms in total. The molecule has 4 fully saturated rings. The lowest BCUT2D eigenvalue weighted by Crippen LogP contribution is -2.56. The molecule has 1 aromatic heterocycles. The Morgan fingerprint density at radius 2 is 1.58 bits per heavy atom. The van der Waals surface area contributed by atoms with Crippen LogP contribution >= 0.6 is 11.6 Å². The van der Waals surface area contributed by atoms with Gasteiger partial charge < -0.3 is 11.5 Å². The first-order valence-corrected chi connectivity index (χ1v) is 9.93. The molecule has 1 heterocycles. The highest BCUT2D eigenvalue weighted by molar-refractivity contribution is 6.30. The Morgan fingerprint density at radius 3 is 2.19 bits per heavy atom. The highest BCUT2D eigenvalue weighted by Gasteiger charge is 2.59. The Labute approximate surface area is 159 Å². The molecule has 4 N–H and O–H groups in total. The minimum absolute atomic E-state index is 0.0889. The maximum Gasteiger partial charge on any atom is 0.222 e. The summed E-state index contributed by atoms with van der Waals surface area (Å²) in [7, 11) is 0. The average molecular weight is 369 g/mol.